The molecule has 1 aromatic rings. The van der Waals surface area contributed by atoms with Crippen molar-refractivity contribution in [2.45, 2.75) is 12.8 Å². The van der Waals surface area contributed by atoms with Crippen molar-refractivity contribution in [1.29, 1.82) is 0 Å². The molecular formula is C12H15NO3. The third-order valence-electron chi connectivity index (χ3n) is 2.71. The molecule has 1 aliphatic heterocycles. The average molecular weight is 221 g/mol. The van der Waals surface area contributed by atoms with Gasteiger partial charge in [0.25, 0.3) is 0 Å². The van der Waals surface area contributed by atoms with Crippen LogP contribution in [0, 0.1) is 5.92 Å². The summed E-state index contributed by atoms with van der Waals surface area (Å²) in [5.74, 6) is 1.29. The van der Waals surface area contributed by atoms with Gasteiger partial charge < -0.3 is 9.47 Å². The second kappa shape index (κ2) is 5.61. The molecule has 1 saturated heterocycles. The van der Waals surface area contributed by atoms with Crippen molar-refractivity contribution in [1.82, 2.24) is 4.98 Å². The van der Waals surface area contributed by atoms with Crippen molar-refractivity contribution in [3.05, 3.63) is 24.0 Å². The molecule has 86 valence electrons. The van der Waals surface area contributed by atoms with Crippen LogP contribution in [0.5, 0.6) is 5.75 Å². The summed E-state index contributed by atoms with van der Waals surface area (Å²) in [6, 6.07) is 3.43. The minimum atomic E-state index is 0.429. The van der Waals surface area contributed by atoms with E-state index < -0.39 is 0 Å². The van der Waals surface area contributed by atoms with E-state index >= 15 is 0 Å². The maximum atomic E-state index is 10.4. The Labute approximate surface area is 94.6 Å². The summed E-state index contributed by atoms with van der Waals surface area (Å²) in [7, 11) is 0. The smallest absolute Gasteiger partial charge is 0.168 e. The summed E-state index contributed by atoms with van der Waals surface area (Å²) in [5, 5.41) is 0. The molecule has 0 aromatic carbocycles. The molecule has 2 rings (SSSR count). The topological polar surface area (TPSA) is 48.4 Å². The van der Waals surface area contributed by atoms with Crippen molar-refractivity contribution in [3.63, 3.8) is 0 Å². The van der Waals surface area contributed by atoms with Crippen LogP contribution in [0.15, 0.2) is 18.3 Å². The lowest BCUT2D eigenvalue weighted by Crippen LogP contribution is -2.21. The largest absolute Gasteiger partial charge is 0.492 e. The van der Waals surface area contributed by atoms with Crippen LogP contribution in [0.1, 0.15) is 23.3 Å². The Hall–Kier alpha value is -1.42. The van der Waals surface area contributed by atoms with Gasteiger partial charge in [-0.05, 0) is 30.9 Å². The van der Waals surface area contributed by atoms with Crippen LogP contribution in [-0.2, 0) is 4.74 Å². The molecule has 0 radical (unpaired) electrons. The van der Waals surface area contributed by atoms with Gasteiger partial charge in [0.15, 0.2) is 6.29 Å². The first-order valence-corrected chi connectivity index (χ1v) is 5.50. The third-order valence-corrected chi connectivity index (χ3v) is 2.71. The van der Waals surface area contributed by atoms with Gasteiger partial charge in [-0.15, -0.1) is 0 Å². The van der Waals surface area contributed by atoms with Gasteiger partial charge in [0.1, 0.15) is 11.4 Å². The summed E-state index contributed by atoms with van der Waals surface area (Å²) in [6.45, 7) is 2.36. The maximum absolute atomic E-state index is 10.4. The normalized spacial score (nSPS) is 17.0. The van der Waals surface area contributed by atoms with Crippen molar-refractivity contribution in [3.8, 4) is 5.75 Å². The van der Waals surface area contributed by atoms with E-state index in [1.807, 2.05) is 0 Å². The summed E-state index contributed by atoms with van der Waals surface area (Å²) in [5.41, 5.74) is 0.429. The summed E-state index contributed by atoms with van der Waals surface area (Å²) < 4.78 is 10.9. The molecule has 4 nitrogen and oxygen atoms in total. The Balaban J connectivity index is 1.81. The number of carbonyl (C=O) groups excluding carboxylic acids is 1. The van der Waals surface area contributed by atoms with E-state index in [-0.39, 0.29) is 0 Å². The van der Waals surface area contributed by atoms with Gasteiger partial charge in [-0.25, -0.2) is 4.98 Å². The maximum Gasteiger partial charge on any atom is 0.168 e. The molecule has 2 heterocycles. The molecule has 0 saturated carbocycles. The van der Waals surface area contributed by atoms with Crippen LogP contribution in [0.3, 0.4) is 0 Å². The van der Waals surface area contributed by atoms with E-state index in [0.29, 0.717) is 18.2 Å². The highest BCUT2D eigenvalue weighted by Gasteiger charge is 2.14. The molecule has 0 atom stereocenters. The molecule has 0 amide bonds. The van der Waals surface area contributed by atoms with E-state index in [9.17, 15) is 4.79 Å². The zero-order valence-corrected chi connectivity index (χ0v) is 9.09. The van der Waals surface area contributed by atoms with Gasteiger partial charge >= 0.3 is 0 Å². The van der Waals surface area contributed by atoms with Crippen molar-refractivity contribution >= 4 is 6.29 Å². The zero-order valence-electron chi connectivity index (χ0n) is 9.09. The van der Waals surface area contributed by atoms with Crippen LogP contribution in [-0.4, -0.2) is 31.1 Å². The fourth-order valence-electron chi connectivity index (χ4n) is 1.67. The number of hydrogen-bond acceptors (Lipinski definition) is 4. The summed E-state index contributed by atoms with van der Waals surface area (Å²) in [6.07, 6.45) is 4.42. The fraction of sp³-hybridized carbons (Fsp3) is 0.500. The van der Waals surface area contributed by atoms with Crippen LogP contribution < -0.4 is 4.74 Å². The predicted molar refractivity (Wildman–Crippen MR) is 58.7 cm³/mol. The van der Waals surface area contributed by atoms with Crippen LogP contribution in [0.4, 0.5) is 0 Å². The number of hydrogen-bond donors (Lipinski definition) is 0. The van der Waals surface area contributed by atoms with Crippen molar-refractivity contribution in [2.24, 2.45) is 5.92 Å². The molecule has 0 unspecified atom stereocenters. The molecule has 1 aliphatic rings. The van der Waals surface area contributed by atoms with Crippen molar-refractivity contribution in [2.75, 3.05) is 19.8 Å². The molecular weight excluding hydrogens is 206 g/mol. The minimum Gasteiger partial charge on any atom is -0.492 e. The Bertz CT molecular complexity index is 331. The summed E-state index contributed by atoms with van der Waals surface area (Å²) >= 11 is 0. The van der Waals surface area contributed by atoms with Gasteiger partial charge in [-0.2, -0.15) is 0 Å². The lowest BCUT2D eigenvalue weighted by atomic mass is 10.0. The molecule has 16 heavy (non-hydrogen) atoms. The van der Waals surface area contributed by atoms with Gasteiger partial charge in [0.2, 0.25) is 0 Å². The monoisotopic (exact) mass is 221 g/mol. The Kier molecular flexibility index (Phi) is 3.88. The molecule has 0 aliphatic carbocycles. The number of carbonyl (C=O) groups is 1. The van der Waals surface area contributed by atoms with Gasteiger partial charge in [-0.1, -0.05) is 0 Å². The minimum absolute atomic E-state index is 0.429. The standard InChI is InChI=1S/C12H15NO3/c14-8-11-1-2-12(7-13-11)16-9-10-3-5-15-6-4-10/h1-2,7-8,10H,3-6,9H2. The number of ether oxygens (including phenoxy) is 2. The van der Waals surface area contributed by atoms with Gasteiger partial charge in [-0.3, -0.25) is 4.79 Å². The van der Waals surface area contributed by atoms with E-state index in [2.05, 4.69) is 4.98 Å². The number of aldehydes is 1. The van der Waals surface area contributed by atoms with Gasteiger partial charge in [0, 0.05) is 13.2 Å². The molecule has 4 heteroatoms. The number of pyridine rings is 1. The Morgan fingerprint density at radius 2 is 2.25 bits per heavy atom. The SMILES string of the molecule is O=Cc1ccc(OCC2CCOCC2)cn1. The van der Waals surface area contributed by atoms with E-state index in [1.165, 1.54) is 0 Å². The predicted octanol–water partition coefficient (Wildman–Crippen LogP) is 1.70. The number of aromatic nitrogens is 1. The average Bonchev–Trinajstić information content (AvgIpc) is 2.38. The number of rotatable bonds is 4. The third kappa shape index (κ3) is 3.03. The lowest BCUT2D eigenvalue weighted by molar-refractivity contribution is 0.0497. The number of nitrogens with zero attached hydrogens (tertiary/aromatic N) is 1. The van der Waals surface area contributed by atoms with E-state index in [0.717, 1.165) is 38.1 Å². The lowest BCUT2D eigenvalue weighted by Gasteiger charge is -2.21. The zero-order chi connectivity index (χ0) is 11.2. The quantitative estimate of drug-likeness (QED) is 0.726. The van der Waals surface area contributed by atoms with E-state index in [1.54, 1.807) is 18.3 Å². The first kappa shape index (κ1) is 11.1. The first-order chi connectivity index (χ1) is 7.88. The first-order valence-electron chi connectivity index (χ1n) is 5.50. The highest BCUT2D eigenvalue weighted by molar-refractivity contribution is 5.71. The second-order valence-corrected chi connectivity index (χ2v) is 3.90. The van der Waals surface area contributed by atoms with E-state index in [4.69, 9.17) is 9.47 Å². The molecule has 1 aromatic heterocycles. The second-order valence-electron chi connectivity index (χ2n) is 3.90. The highest BCUT2D eigenvalue weighted by Crippen LogP contribution is 2.17. The molecule has 1 fully saturated rings. The highest BCUT2D eigenvalue weighted by atomic mass is 16.5. The van der Waals surface area contributed by atoms with Crippen LogP contribution in [0.25, 0.3) is 0 Å². The fourth-order valence-corrected chi connectivity index (χ4v) is 1.67. The van der Waals surface area contributed by atoms with Crippen LogP contribution in [0.2, 0.25) is 0 Å². The molecule has 0 bridgehead atoms. The van der Waals surface area contributed by atoms with Crippen LogP contribution >= 0.6 is 0 Å². The molecule has 0 N–H and O–H groups in total. The summed E-state index contributed by atoms with van der Waals surface area (Å²) in [4.78, 5) is 14.3. The van der Waals surface area contributed by atoms with Gasteiger partial charge in [0.05, 0.1) is 12.8 Å². The Morgan fingerprint density at radius 3 is 2.88 bits per heavy atom. The Morgan fingerprint density at radius 1 is 1.44 bits per heavy atom. The van der Waals surface area contributed by atoms with Crippen molar-refractivity contribution < 1.29 is 14.3 Å². The molecule has 0 spiro atoms.